The fourth-order valence-corrected chi connectivity index (χ4v) is 1.68. The molecule has 2 N–H and O–H groups in total. The van der Waals surface area contributed by atoms with Crippen LogP contribution in [-0.2, 0) is 4.74 Å². The summed E-state index contributed by atoms with van der Waals surface area (Å²) in [5.41, 5.74) is 0. The lowest BCUT2D eigenvalue weighted by molar-refractivity contribution is 0.203. The van der Waals surface area contributed by atoms with Crippen molar-refractivity contribution in [3.05, 3.63) is 24.3 Å². The molecule has 118 valence electrons. The zero-order valence-corrected chi connectivity index (χ0v) is 13.2. The Morgan fingerprint density at radius 3 is 2.67 bits per heavy atom. The van der Waals surface area contributed by atoms with Crippen LogP contribution in [0.2, 0.25) is 0 Å². The van der Waals surface area contributed by atoms with E-state index in [0.717, 1.165) is 17.5 Å². The SMILES string of the molecule is CN=C(NCCOC)NCC(C)Oc1cccc(OC)c1. The van der Waals surface area contributed by atoms with Crippen molar-refractivity contribution in [2.24, 2.45) is 4.99 Å². The van der Waals surface area contributed by atoms with Crippen molar-refractivity contribution in [2.75, 3.05) is 41.0 Å². The normalized spacial score (nSPS) is 12.7. The minimum Gasteiger partial charge on any atom is -0.497 e. The first-order valence-electron chi connectivity index (χ1n) is 6.93. The van der Waals surface area contributed by atoms with Crippen molar-refractivity contribution in [1.82, 2.24) is 10.6 Å². The number of rotatable bonds is 8. The number of benzene rings is 1. The van der Waals surface area contributed by atoms with Crippen molar-refractivity contribution in [3.63, 3.8) is 0 Å². The maximum absolute atomic E-state index is 5.83. The van der Waals surface area contributed by atoms with Crippen molar-refractivity contribution in [3.8, 4) is 11.5 Å². The second-order valence-electron chi connectivity index (χ2n) is 4.48. The molecule has 0 spiro atoms. The molecule has 1 aromatic carbocycles. The van der Waals surface area contributed by atoms with Gasteiger partial charge in [-0.3, -0.25) is 4.99 Å². The van der Waals surface area contributed by atoms with Crippen LogP contribution in [-0.4, -0.2) is 53.0 Å². The minimum absolute atomic E-state index is 0.00178. The summed E-state index contributed by atoms with van der Waals surface area (Å²) >= 11 is 0. The van der Waals surface area contributed by atoms with Gasteiger partial charge in [0.1, 0.15) is 17.6 Å². The summed E-state index contributed by atoms with van der Waals surface area (Å²) in [5, 5.41) is 6.35. The Bertz CT molecular complexity index is 438. The Hall–Kier alpha value is -1.95. The number of ether oxygens (including phenoxy) is 3. The van der Waals surface area contributed by atoms with Gasteiger partial charge >= 0.3 is 0 Å². The average molecular weight is 295 g/mol. The molecule has 0 saturated heterocycles. The van der Waals surface area contributed by atoms with Crippen LogP contribution in [0.25, 0.3) is 0 Å². The Labute approximate surface area is 126 Å². The predicted octanol–water partition coefficient (Wildman–Crippen LogP) is 1.27. The Morgan fingerprint density at radius 1 is 1.24 bits per heavy atom. The van der Waals surface area contributed by atoms with Gasteiger partial charge in [0.25, 0.3) is 0 Å². The van der Waals surface area contributed by atoms with Gasteiger partial charge in [0, 0.05) is 26.8 Å². The fraction of sp³-hybridized carbons (Fsp3) is 0.533. The molecule has 1 atom stereocenters. The molecule has 21 heavy (non-hydrogen) atoms. The highest BCUT2D eigenvalue weighted by atomic mass is 16.5. The van der Waals surface area contributed by atoms with Crippen LogP contribution in [0.4, 0.5) is 0 Å². The van der Waals surface area contributed by atoms with E-state index in [-0.39, 0.29) is 6.10 Å². The van der Waals surface area contributed by atoms with Crippen LogP contribution in [0.5, 0.6) is 11.5 Å². The van der Waals surface area contributed by atoms with Gasteiger partial charge in [-0.15, -0.1) is 0 Å². The van der Waals surface area contributed by atoms with Crippen molar-refractivity contribution >= 4 is 5.96 Å². The largest absolute Gasteiger partial charge is 0.497 e. The molecular weight excluding hydrogens is 270 g/mol. The maximum atomic E-state index is 5.83. The lowest BCUT2D eigenvalue weighted by Gasteiger charge is -2.18. The number of guanidine groups is 1. The lowest BCUT2D eigenvalue weighted by Crippen LogP contribution is -2.42. The molecule has 0 fully saturated rings. The molecule has 1 rings (SSSR count). The van der Waals surface area contributed by atoms with E-state index in [2.05, 4.69) is 15.6 Å². The van der Waals surface area contributed by atoms with Crippen molar-refractivity contribution < 1.29 is 14.2 Å². The highest BCUT2D eigenvalue weighted by molar-refractivity contribution is 5.79. The summed E-state index contributed by atoms with van der Waals surface area (Å²) in [5.74, 6) is 2.30. The second kappa shape index (κ2) is 9.88. The first kappa shape index (κ1) is 17.1. The number of nitrogens with zero attached hydrogens (tertiary/aromatic N) is 1. The summed E-state index contributed by atoms with van der Waals surface area (Å²) < 4.78 is 16.0. The number of hydrogen-bond donors (Lipinski definition) is 2. The third-order valence-electron chi connectivity index (χ3n) is 2.76. The summed E-state index contributed by atoms with van der Waals surface area (Å²) in [6, 6.07) is 7.56. The fourth-order valence-electron chi connectivity index (χ4n) is 1.68. The summed E-state index contributed by atoms with van der Waals surface area (Å²) in [4.78, 5) is 4.13. The molecule has 0 aromatic heterocycles. The molecule has 1 aromatic rings. The van der Waals surface area contributed by atoms with Crippen LogP contribution < -0.4 is 20.1 Å². The molecule has 6 heteroatoms. The zero-order valence-electron chi connectivity index (χ0n) is 13.2. The van der Waals surface area contributed by atoms with E-state index in [1.54, 1.807) is 21.3 Å². The third-order valence-corrected chi connectivity index (χ3v) is 2.76. The molecule has 0 radical (unpaired) electrons. The standard InChI is InChI=1S/C15H25N3O3/c1-12(11-18-15(16-2)17-8-9-19-3)21-14-7-5-6-13(10-14)20-4/h5-7,10,12H,8-9,11H2,1-4H3,(H2,16,17,18). The van der Waals surface area contributed by atoms with E-state index in [1.807, 2.05) is 31.2 Å². The molecule has 0 amide bonds. The molecular formula is C15H25N3O3. The van der Waals surface area contributed by atoms with E-state index >= 15 is 0 Å². The Kier molecular flexibility index (Phi) is 8.04. The van der Waals surface area contributed by atoms with Gasteiger partial charge in [0.2, 0.25) is 0 Å². The Morgan fingerprint density at radius 2 is 2.00 bits per heavy atom. The van der Waals surface area contributed by atoms with Gasteiger partial charge in [0.05, 0.1) is 20.3 Å². The van der Waals surface area contributed by atoms with E-state index < -0.39 is 0 Å². The average Bonchev–Trinajstić information content (AvgIpc) is 2.51. The molecule has 1 unspecified atom stereocenters. The molecule has 0 saturated carbocycles. The first-order valence-corrected chi connectivity index (χ1v) is 6.93. The highest BCUT2D eigenvalue weighted by Crippen LogP contribution is 2.19. The third kappa shape index (κ3) is 6.85. The number of aliphatic imine (C=N–C) groups is 1. The second-order valence-corrected chi connectivity index (χ2v) is 4.48. The van der Waals surface area contributed by atoms with Crippen LogP contribution in [0.1, 0.15) is 6.92 Å². The summed E-state index contributed by atoms with van der Waals surface area (Å²) in [6.45, 7) is 3.98. The van der Waals surface area contributed by atoms with Gasteiger partial charge < -0.3 is 24.8 Å². The van der Waals surface area contributed by atoms with Gasteiger partial charge in [-0.2, -0.15) is 0 Å². The topological polar surface area (TPSA) is 64.1 Å². The monoisotopic (exact) mass is 295 g/mol. The molecule has 6 nitrogen and oxygen atoms in total. The molecule has 0 heterocycles. The number of hydrogen-bond acceptors (Lipinski definition) is 4. The van der Waals surface area contributed by atoms with Gasteiger partial charge in [-0.25, -0.2) is 0 Å². The van der Waals surface area contributed by atoms with Gasteiger partial charge in [-0.05, 0) is 19.1 Å². The summed E-state index contributed by atoms with van der Waals surface area (Å²) in [6.07, 6.45) is -0.00178. The van der Waals surface area contributed by atoms with Crippen LogP contribution in [0.3, 0.4) is 0 Å². The van der Waals surface area contributed by atoms with Gasteiger partial charge in [-0.1, -0.05) is 6.07 Å². The van der Waals surface area contributed by atoms with Crippen LogP contribution in [0, 0.1) is 0 Å². The predicted molar refractivity (Wildman–Crippen MR) is 84.3 cm³/mol. The quantitative estimate of drug-likeness (QED) is 0.430. The van der Waals surface area contributed by atoms with Crippen molar-refractivity contribution in [2.45, 2.75) is 13.0 Å². The van der Waals surface area contributed by atoms with Crippen LogP contribution in [0.15, 0.2) is 29.3 Å². The molecule has 0 aliphatic heterocycles. The smallest absolute Gasteiger partial charge is 0.191 e. The highest BCUT2D eigenvalue weighted by Gasteiger charge is 2.06. The minimum atomic E-state index is -0.00178. The van der Waals surface area contributed by atoms with Crippen molar-refractivity contribution in [1.29, 1.82) is 0 Å². The van der Waals surface area contributed by atoms with E-state index in [1.165, 1.54) is 0 Å². The Balaban J connectivity index is 2.36. The van der Waals surface area contributed by atoms with E-state index in [9.17, 15) is 0 Å². The van der Waals surface area contributed by atoms with Gasteiger partial charge in [0.15, 0.2) is 5.96 Å². The maximum Gasteiger partial charge on any atom is 0.191 e. The van der Waals surface area contributed by atoms with E-state index in [0.29, 0.717) is 19.7 Å². The van der Waals surface area contributed by atoms with Crippen LogP contribution >= 0.6 is 0 Å². The first-order chi connectivity index (χ1) is 10.2. The van der Waals surface area contributed by atoms with E-state index in [4.69, 9.17) is 14.2 Å². The number of nitrogens with one attached hydrogen (secondary N) is 2. The zero-order chi connectivity index (χ0) is 15.5. The lowest BCUT2D eigenvalue weighted by atomic mass is 10.3. The summed E-state index contributed by atoms with van der Waals surface area (Å²) in [7, 11) is 5.04. The molecule has 0 bridgehead atoms. The number of methoxy groups -OCH3 is 2. The molecule has 0 aliphatic rings. The molecule has 0 aliphatic carbocycles.